The van der Waals surface area contributed by atoms with Crippen LogP contribution in [0, 0.1) is 0 Å². The summed E-state index contributed by atoms with van der Waals surface area (Å²) in [4.78, 5) is 2.59. The Morgan fingerprint density at radius 3 is 3.05 bits per heavy atom. The van der Waals surface area contributed by atoms with Crippen molar-refractivity contribution in [3.63, 3.8) is 0 Å². The fraction of sp³-hybridized carbons (Fsp3) is 0.625. The molecule has 3 atom stereocenters. The lowest BCUT2D eigenvalue weighted by Crippen LogP contribution is -2.53. The van der Waals surface area contributed by atoms with Gasteiger partial charge < -0.3 is 10.5 Å². The molecule has 0 bridgehead atoms. The second kappa shape index (κ2) is 6.14. The van der Waals surface area contributed by atoms with E-state index in [4.69, 9.17) is 10.5 Å². The number of nitrogens with two attached hydrogens (primary N) is 1. The molecule has 1 aromatic rings. The van der Waals surface area contributed by atoms with Crippen molar-refractivity contribution in [2.45, 2.75) is 44.4 Å². The first-order chi connectivity index (χ1) is 9.63. The van der Waals surface area contributed by atoms with Gasteiger partial charge in [0.2, 0.25) is 0 Å². The normalized spacial score (nSPS) is 28.9. The minimum atomic E-state index is 0.115. The molecule has 1 saturated heterocycles. The van der Waals surface area contributed by atoms with Gasteiger partial charge in [-0.15, -0.1) is 0 Å². The van der Waals surface area contributed by atoms with Crippen molar-refractivity contribution in [2.24, 2.45) is 5.73 Å². The summed E-state index contributed by atoms with van der Waals surface area (Å²) in [5, 5.41) is 0. The van der Waals surface area contributed by atoms with E-state index in [1.54, 1.807) is 0 Å². The highest BCUT2D eigenvalue weighted by atomic mass is 79.9. The second-order valence-electron chi connectivity index (χ2n) is 6.07. The van der Waals surface area contributed by atoms with Gasteiger partial charge in [-0.2, -0.15) is 0 Å². The van der Waals surface area contributed by atoms with Crippen molar-refractivity contribution in [1.29, 1.82) is 0 Å². The number of benzene rings is 1. The van der Waals surface area contributed by atoms with Crippen LogP contribution in [0.3, 0.4) is 0 Å². The maximum Gasteiger partial charge on any atom is 0.0850 e. The highest BCUT2D eigenvalue weighted by Gasteiger charge is 2.30. The predicted octanol–water partition coefficient (Wildman–Crippen LogP) is 2.35. The Kier molecular flexibility index (Phi) is 4.46. The topological polar surface area (TPSA) is 38.5 Å². The Morgan fingerprint density at radius 1 is 1.40 bits per heavy atom. The van der Waals surface area contributed by atoms with Crippen molar-refractivity contribution in [1.82, 2.24) is 4.90 Å². The van der Waals surface area contributed by atoms with Crippen molar-refractivity contribution in [2.75, 3.05) is 19.7 Å². The Hall–Kier alpha value is -0.420. The smallest absolute Gasteiger partial charge is 0.0850 e. The van der Waals surface area contributed by atoms with Crippen LogP contribution in [0.4, 0.5) is 0 Å². The molecule has 0 radical (unpaired) electrons. The van der Waals surface area contributed by atoms with E-state index in [0.717, 1.165) is 26.1 Å². The van der Waals surface area contributed by atoms with Crippen molar-refractivity contribution < 1.29 is 4.74 Å². The minimum absolute atomic E-state index is 0.115. The molecule has 20 heavy (non-hydrogen) atoms. The van der Waals surface area contributed by atoms with Gasteiger partial charge in [-0.3, -0.25) is 4.90 Å². The Bertz CT molecular complexity index is 478. The van der Waals surface area contributed by atoms with Gasteiger partial charge in [0.05, 0.1) is 12.7 Å². The molecule has 110 valence electrons. The largest absolute Gasteiger partial charge is 0.374 e. The fourth-order valence-electron chi connectivity index (χ4n) is 3.36. The average molecular weight is 339 g/mol. The molecule has 2 aliphatic rings. The molecular weight excluding hydrogens is 316 g/mol. The molecular formula is C16H23BrN2O. The van der Waals surface area contributed by atoms with Crippen LogP contribution in [0.25, 0.3) is 0 Å². The summed E-state index contributed by atoms with van der Waals surface area (Å²) in [5.74, 6) is 0. The summed E-state index contributed by atoms with van der Waals surface area (Å²) in [6.45, 7) is 4.88. The highest BCUT2D eigenvalue weighted by molar-refractivity contribution is 9.10. The zero-order valence-electron chi connectivity index (χ0n) is 12.0. The molecule has 0 saturated carbocycles. The third-order valence-electron chi connectivity index (χ3n) is 4.60. The summed E-state index contributed by atoms with van der Waals surface area (Å²) in [6, 6.07) is 7.47. The van der Waals surface area contributed by atoms with Crippen LogP contribution >= 0.6 is 15.9 Å². The zero-order chi connectivity index (χ0) is 14.1. The summed E-state index contributed by atoms with van der Waals surface area (Å²) in [7, 11) is 0. The van der Waals surface area contributed by atoms with Gasteiger partial charge in [-0.05, 0) is 49.4 Å². The monoisotopic (exact) mass is 338 g/mol. The van der Waals surface area contributed by atoms with E-state index in [0.29, 0.717) is 6.04 Å². The number of nitrogens with zero attached hydrogens (tertiary/aromatic N) is 1. The number of fused-ring (bicyclic) bond motifs is 1. The number of morpholine rings is 1. The fourth-order valence-corrected chi connectivity index (χ4v) is 3.77. The zero-order valence-corrected chi connectivity index (χ0v) is 13.6. The number of halogens is 1. The molecule has 1 fully saturated rings. The Morgan fingerprint density at radius 2 is 2.25 bits per heavy atom. The third-order valence-corrected chi connectivity index (χ3v) is 5.09. The van der Waals surface area contributed by atoms with Crippen LogP contribution in [0.1, 0.15) is 24.5 Å². The maximum absolute atomic E-state index is 6.00. The van der Waals surface area contributed by atoms with Gasteiger partial charge in [0.15, 0.2) is 0 Å². The van der Waals surface area contributed by atoms with E-state index in [2.05, 4.69) is 39.0 Å². The molecule has 0 aromatic heterocycles. The van der Waals surface area contributed by atoms with Gasteiger partial charge in [0.1, 0.15) is 0 Å². The third kappa shape index (κ3) is 3.08. The number of rotatable bonds is 2. The molecule has 1 aliphatic carbocycles. The van der Waals surface area contributed by atoms with Gasteiger partial charge >= 0.3 is 0 Å². The van der Waals surface area contributed by atoms with Gasteiger partial charge in [-0.25, -0.2) is 0 Å². The molecule has 3 unspecified atom stereocenters. The molecule has 0 amide bonds. The minimum Gasteiger partial charge on any atom is -0.374 e. The van der Waals surface area contributed by atoms with E-state index in [1.807, 2.05) is 6.92 Å². The van der Waals surface area contributed by atoms with E-state index >= 15 is 0 Å². The summed E-state index contributed by atoms with van der Waals surface area (Å²) < 4.78 is 6.97. The first-order valence-electron chi connectivity index (χ1n) is 7.52. The van der Waals surface area contributed by atoms with Crippen molar-refractivity contribution in [3.05, 3.63) is 33.8 Å². The molecule has 0 spiro atoms. The molecule has 4 heteroatoms. The SMILES string of the molecule is CC(N)C1CN(C2CCc3cc(Br)ccc3C2)CCO1. The van der Waals surface area contributed by atoms with Gasteiger partial charge in [0, 0.05) is 29.6 Å². The first-order valence-corrected chi connectivity index (χ1v) is 8.31. The summed E-state index contributed by atoms with van der Waals surface area (Å²) in [5.41, 5.74) is 9.01. The molecule has 3 rings (SSSR count). The van der Waals surface area contributed by atoms with E-state index in [1.165, 1.54) is 28.4 Å². The number of ether oxygens (including phenoxy) is 1. The molecule has 1 heterocycles. The van der Waals surface area contributed by atoms with E-state index in [9.17, 15) is 0 Å². The van der Waals surface area contributed by atoms with Crippen LogP contribution in [0.5, 0.6) is 0 Å². The predicted molar refractivity (Wildman–Crippen MR) is 84.9 cm³/mol. The standard InChI is InChI=1S/C16H23BrN2O/c1-11(18)16-10-19(6-7-20-16)15-5-3-12-8-14(17)4-2-13(12)9-15/h2,4,8,11,15-16H,3,5-7,9-10,18H2,1H3. The van der Waals surface area contributed by atoms with Crippen LogP contribution in [0.2, 0.25) is 0 Å². The van der Waals surface area contributed by atoms with Crippen LogP contribution in [0.15, 0.2) is 22.7 Å². The summed E-state index contributed by atoms with van der Waals surface area (Å²) in [6.07, 6.45) is 3.78. The second-order valence-corrected chi connectivity index (χ2v) is 6.99. The first kappa shape index (κ1) is 14.5. The lowest BCUT2D eigenvalue weighted by atomic mass is 9.87. The molecule has 1 aliphatic heterocycles. The summed E-state index contributed by atoms with van der Waals surface area (Å²) >= 11 is 3.57. The van der Waals surface area contributed by atoms with Crippen LogP contribution in [-0.2, 0) is 17.6 Å². The van der Waals surface area contributed by atoms with Crippen LogP contribution < -0.4 is 5.73 Å². The highest BCUT2D eigenvalue weighted by Crippen LogP contribution is 2.28. The van der Waals surface area contributed by atoms with Crippen molar-refractivity contribution >= 4 is 15.9 Å². The molecule has 1 aromatic carbocycles. The van der Waals surface area contributed by atoms with Crippen LogP contribution in [-0.4, -0.2) is 42.8 Å². The number of aryl methyl sites for hydroxylation is 1. The molecule has 3 nitrogen and oxygen atoms in total. The Labute approximate surface area is 129 Å². The van der Waals surface area contributed by atoms with Gasteiger partial charge in [0.25, 0.3) is 0 Å². The van der Waals surface area contributed by atoms with E-state index < -0.39 is 0 Å². The Balaban J connectivity index is 1.69. The number of hydrogen-bond donors (Lipinski definition) is 1. The quantitative estimate of drug-likeness (QED) is 0.899. The van der Waals surface area contributed by atoms with Crippen molar-refractivity contribution in [3.8, 4) is 0 Å². The lowest BCUT2D eigenvalue weighted by molar-refractivity contribution is -0.0531. The lowest BCUT2D eigenvalue weighted by Gasteiger charge is -2.41. The number of hydrogen-bond acceptors (Lipinski definition) is 3. The van der Waals surface area contributed by atoms with E-state index in [-0.39, 0.29) is 12.1 Å². The maximum atomic E-state index is 6.00. The van der Waals surface area contributed by atoms with Gasteiger partial charge in [-0.1, -0.05) is 22.0 Å². The average Bonchev–Trinajstić information content (AvgIpc) is 2.47. The molecule has 2 N–H and O–H groups in total.